The third-order valence-electron chi connectivity index (χ3n) is 5.16. The highest BCUT2D eigenvalue weighted by Gasteiger charge is 2.48. The van der Waals surface area contributed by atoms with Crippen LogP contribution < -0.4 is 10.4 Å². The molecule has 0 atom stereocenters. The van der Waals surface area contributed by atoms with Gasteiger partial charge in [-0.25, -0.2) is 0 Å². The van der Waals surface area contributed by atoms with Gasteiger partial charge in [0.05, 0.1) is 0 Å². The van der Waals surface area contributed by atoms with Gasteiger partial charge >= 0.3 is 17.6 Å². The van der Waals surface area contributed by atoms with Gasteiger partial charge in [-0.2, -0.15) is 0 Å². The lowest BCUT2D eigenvalue weighted by Crippen LogP contribution is -2.58. The van der Waals surface area contributed by atoms with Gasteiger partial charge in [-0.1, -0.05) is 48.5 Å². The minimum Gasteiger partial charge on any atom is -0.373 e. The first kappa shape index (κ1) is 21.1. The maximum atomic E-state index is 5.86. The second-order valence-corrected chi connectivity index (χ2v) is 11.9. The molecule has 0 aliphatic carbocycles. The molecule has 3 aromatic rings. The van der Waals surface area contributed by atoms with Crippen LogP contribution in [0.25, 0.3) is 21.5 Å². The number of rotatable bonds is 8. The van der Waals surface area contributed by atoms with Gasteiger partial charge in [0.25, 0.3) is 0 Å². The third-order valence-corrected chi connectivity index (χ3v) is 10.7. The van der Waals surface area contributed by atoms with Gasteiger partial charge in [-0.15, -0.1) is 0 Å². The highest BCUT2D eigenvalue weighted by molar-refractivity contribution is 6.84. The van der Waals surface area contributed by atoms with Crippen LogP contribution in [0.15, 0.2) is 48.5 Å². The van der Waals surface area contributed by atoms with Crippen LogP contribution in [-0.2, 0) is 26.6 Å². The molecule has 0 spiro atoms. The van der Waals surface area contributed by atoms with Gasteiger partial charge in [-0.3, -0.25) is 0 Å². The zero-order chi connectivity index (χ0) is 20.4. The summed E-state index contributed by atoms with van der Waals surface area (Å²) in [6.45, 7) is 0. The minimum atomic E-state index is -3.14. The lowest BCUT2D eigenvalue weighted by atomic mass is 10.0. The molecule has 0 saturated carbocycles. The first-order chi connectivity index (χ1) is 13.6. The number of hydrogen-bond acceptors (Lipinski definition) is 6. The number of benzene rings is 3. The van der Waals surface area contributed by atoms with E-state index in [2.05, 4.69) is 0 Å². The fourth-order valence-corrected chi connectivity index (χ4v) is 8.32. The van der Waals surface area contributed by atoms with Gasteiger partial charge in [-0.05, 0) is 21.5 Å². The van der Waals surface area contributed by atoms with Crippen LogP contribution in [-0.4, -0.2) is 60.3 Å². The van der Waals surface area contributed by atoms with Crippen molar-refractivity contribution in [2.75, 3.05) is 42.7 Å². The van der Waals surface area contributed by atoms with E-state index in [0.717, 1.165) is 31.9 Å². The fourth-order valence-electron chi connectivity index (χ4n) is 3.90. The molecule has 0 N–H and O–H groups in total. The van der Waals surface area contributed by atoms with E-state index in [1.165, 1.54) is 0 Å². The van der Waals surface area contributed by atoms with Crippen LogP contribution >= 0.6 is 0 Å². The van der Waals surface area contributed by atoms with Crippen LogP contribution in [0.1, 0.15) is 0 Å². The molecular formula is C20H26O6Si2. The summed E-state index contributed by atoms with van der Waals surface area (Å²) in [5.41, 5.74) is 0. The summed E-state index contributed by atoms with van der Waals surface area (Å²) in [6, 6.07) is 16.1. The Morgan fingerprint density at radius 2 is 0.643 bits per heavy atom. The predicted octanol–water partition coefficient (Wildman–Crippen LogP) is 2.16. The Kier molecular flexibility index (Phi) is 6.32. The molecule has 0 aliphatic rings. The van der Waals surface area contributed by atoms with Gasteiger partial charge in [0.2, 0.25) is 0 Å². The zero-order valence-electron chi connectivity index (χ0n) is 17.1. The highest BCUT2D eigenvalue weighted by atomic mass is 28.4. The monoisotopic (exact) mass is 418 g/mol. The Labute approximate surface area is 167 Å². The molecule has 0 aromatic heterocycles. The number of hydrogen-bond donors (Lipinski definition) is 0. The van der Waals surface area contributed by atoms with E-state index < -0.39 is 17.6 Å². The summed E-state index contributed by atoms with van der Waals surface area (Å²) in [4.78, 5) is 0. The molecule has 0 aliphatic heterocycles. The van der Waals surface area contributed by atoms with Crippen molar-refractivity contribution in [2.24, 2.45) is 0 Å². The minimum absolute atomic E-state index is 0.918. The molecule has 150 valence electrons. The predicted molar refractivity (Wildman–Crippen MR) is 114 cm³/mol. The van der Waals surface area contributed by atoms with Crippen molar-refractivity contribution >= 4 is 49.5 Å². The Hall–Kier alpha value is -1.63. The van der Waals surface area contributed by atoms with Crippen molar-refractivity contribution in [1.82, 2.24) is 0 Å². The molecule has 3 rings (SSSR count). The summed E-state index contributed by atoms with van der Waals surface area (Å²) in [5.74, 6) is 0. The van der Waals surface area contributed by atoms with Crippen LogP contribution in [0.3, 0.4) is 0 Å². The molecular weight excluding hydrogens is 392 g/mol. The van der Waals surface area contributed by atoms with E-state index in [9.17, 15) is 0 Å². The summed E-state index contributed by atoms with van der Waals surface area (Å²) < 4.78 is 35.1. The van der Waals surface area contributed by atoms with E-state index in [0.29, 0.717) is 0 Å². The standard InChI is InChI=1S/C20H26O6Si2/c1-21-27(22-2,23-3)19-15-11-7-9-13-17(15)20(28(24-4,25-5)26-6)18-14-10-8-12-16(18)19/h7-14H,1-6H3. The third kappa shape index (κ3) is 3.02. The second-order valence-electron chi connectivity index (χ2n) is 6.18. The molecule has 3 aromatic carbocycles. The largest absolute Gasteiger partial charge is 0.537 e. The van der Waals surface area contributed by atoms with Crippen LogP contribution in [0, 0.1) is 0 Å². The van der Waals surface area contributed by atoms with Crippen LogP contribution in [0.4, 0.5) is 0 Å². The maximum absolute atomic E-state index is 5.86. The molecule has 0 bridgehead atoms. The maximum Gasteiger partial charge on any atom is 0.537 e. The van der Waals surface area contributed by atoms with Crippen molar-refractivity contribution in [3.8, 4) is 0 Å². The average molecular weight is 419 g/mol. The Bertz CT molecular complexity index is 818. The second kappa shape index (κ2) is 8.40. The summed E-state index contributed by atoms with van der Waals surface area (Å²) in [7, 11) is 3.44. The van der Waals surface area contributed by atoms with Crippen LogP contribution in [0.2, 0.25) is 0 Å². The topological polar surface area (TPSA) is 55.4 Å². The van der Waals surface area contributed by atoms with E-state index in [-0.39, 0.29) is 0 Å². The normalized spacial score (nSPS) is 12.8. The molecule has 0 radical (unpaired) electrons. The van der Waals surface area contributed by atoms with E-state index >= 15 is 0 Å². The molecule has 6 nitrogen and oxygen atoms in total. The van der Waals surface area contributed by atoms with Gasteiger partial charge in [0, 0.05) is 53.0 Å². The van der Waals surface area contributed by atoms with Gasteiger partial charge < -0.3 is 26.6 Å². The molecule has 0 saturated heterocycles. The van der Waals surface area contributed by atoms with Crippen molar-refractivity contribution < 1.29 is 26.6 Å². The van der Waals surface area contributed by atoms with Crippen molar-refractivity contribution in [2.45, 2.75) is 0 Å². The Morgan fingerprint density at radius 1 is 0.429 bits per heavy atom. The smallest absolute Gasteiger partial charge is 0.373 e. The molecule has 0 amide bonds. The molecule has 28 heavy (non-hydrogen) atoms. The quantitative estimate of drug-likeness (QED) is 0.413. The summed E-state index contributed by atoms with van der Waals surface area (Å²) in [5, 5.41) is 5.71. The van der Waals surface area contributed by atoms with Gasteiger partial charge in [0.15, 0.2) is 0 Å². The first-order valence-electron chi connectivity index (χ1n) is 8.83. The van der Waals surface area contributed by atoms with Crippen molar-refractivity contribution in [3.63, 3.8) is 0 Å². The van der Waals surface area contributed by atoms with E-state index in [1.807, 2.05) is 48.5 Å². The van der Waals surface area contributed by atoms with E-state index in [1.54, 1.807) is 42.7 Å². The van der Waals surface area contributed by atoms with Gasteiger partial charge in [0.1, 0.15) is 0 Å². The Balaban J connectivity index is 2.61. The molecule has 0 unspecified atom stereocenters. The van der Waals surface area contributed by atoms with Crippen molar-refractivity contribution in [1.29, 1.82) is 0 Å². The van der Waals surface area contributed by atoms with Crippen LogP contribution in [0.5, 0.6) is 0 Å². The highest BCUT2D eigenvalue weighted by Crippen LogP contribution is 2.27. The number of fused-ring (bicyclic) bond motifs is 2. The summed E-state index contributed by atoms with van der Waals surface area (Å²) >= 11 is 0. The van der Waals surface area contributed by atoms with E-state index in [4.69, 9.17) is 26.6 Å². The fraction of sp³-hybridized carbons (Fsp3) is 0.300. The summed E-state index contributed by atoms with van der Waals surface area (Å²) in [6.07, 6.45) is 0. The average Bonchev–Trinajstić information content (AvgIpc) is 2.77. The molecule has 0 fully saturated rings. The SMILES string of the molecule is CO[Si](OC)(OC)c1c2ccccc2c([Si](OC)(OC)OC)c2ccccc12. The lowest BCUT2D eigenvalue weighted by Gasteiger charge is -2.31. The Morgan fingerprint density at radius 3 is 0.821 bits per heavy atom. The molecule has 8 heteroatoms. The first-order valence-corrected chi connectivity index (χ1v) is 12.3. The van der Waals surface area contributed by atoms with Crippen molar-refractivity contribution in [3.05, 3.63) is 48.5 Å². The molecule has 0 heterocycles. The lowest BCUT2D eigenvalue weighted by molar-refractivity contribution is 0.140. The zero-order valence-corrected chi connectivity index (χ0v) is 19.1.